The molecule has 1 aromatic carbocycles. The number of carbonyl (C=O) groups excluding carboxylic acids is 3. The van der Waals surface area contributed by atoms with Crippen LogP contribution in [-0.2, 0) is 30.3 Å². The molecule has 0 spiro atoms. The summed E-state index contributed by atoms with van der Waals surface area (Å²) in [6.45, 7) is 6.11. The summed E-state index contributed by atoms with van der Waals surface area (Å²) in [5.74, 6) is -3.97. The smallest absolute Gasteiger partial charge is 0.341 e. The Labute approximate surface area is 212 Å². The number of esters is 1. The van der Waals surface area contributed by atoms with E-state index < -0.39 is 35.8 Å². The van der Waals surface area contributed by atoms with Gasteiger partial charge in [0.05, 0.1) is 14.2 Å². The molecule has 1 amide bonds. The molecule has 0 heterocycles. The summed E-state index contributed by atoms with van der Waals surface area (Å²) in [4.78, 5) is 45.7. The topological polar surface area (TPSA) is 188 Å². The molecule has 36 heavy (non-hydrogen) atoms. The molecule has 6 N–H and O–H groups in total. The zero-order valence-corrected chi connectivity index (χ0v) is 21.8. The second-order valence-electron chi connectivity index (χ2n) is 9.67. The number of likely N-dealkylation sites (N-methyl/N-ethyl adjacent to an activating group) is 1. The molecule has 0 aliphatic heterocycles. The SMILES string of the molecule is COC(=O)[C@H](Cc1ccccc1)NC(=O)[C@@H](CCCC(C)(C)C)CC(=O)[O-].C[N+](CC(=O)O)=C(N)N. The number of hydrogen-bond acceptors (Lipinski definition) is 6. The minimum atomic E-state index is -1.27. The average molecular weight is 509 g/mol. The zero-order chi connectivity index (χ0) is 27.9. The van der Waals surface area contributed by atoms with E-state index >= 15 is 0 Å². The molecule has 0 aromatic heterocycles. The van der Waals surface area contributed by atoms with Crippen molar-refractivity contribution in [2.75, 3.05) is 20.7 Å². The molecule has 202 valence electrons. The molecule has 0 saturated carbocycles. The number of hydrogen-bond donors (Lipinski definition) is 4. The first-order valence-electron chi connectivity index (χ1n) is 11.6. The standard InChI is InChI=1S/C21H31NO5.C4H9N3O2/c1-21(2,3)12-8-11-16(14-18(23)24)19(25)22-17(20(26)27-4)13-15-9-6-5-7-10-15;1-7(4(5)6)2-3(8)9/h5-7,9-10,16-17H,8,11-14H2,1-4H3,(H,22,25)(H,23,24);2H2,1H3,(H4,5,6,8,9)/t16-,17-;/m0./s1. The van der Waals surface area contributed by atoms with E-state index in [1.807, 2.05) is 30.3 Å². The Morgan fingerprint density at radius 2 is 1.72 bits per heavy atom. The fourth-order valence-corrected chi connectivity index (χ4v) is 3.17. The van der Waals surface area contributed by atoms with E-state index in [2.05, 4.69) is 26.1 Å². The van der Waals surface area contributed by atoms with Crippen LogP contribution in [0.15, 0.2) is 30.3 Å². The number of methoxy groups -OCH3 is 1. The highest BCUT2D eigenvalue weighted by molar-refractivity contribution is 5.87. The normalized spacial score (nSPS) is 12.2. The number of rotatable bonds is 12. The van der Waals surface area contributed by atoms with Gasteiger partial charge in [-0.25, -0.2) is 9.59 Å². The van der Waals surface area contributed by atoms with E-state index in [4.69, 9.17) is 21.3 Å². The minimum Gasteiger partial charge on any atom is -0.550 e. The first-order chi connectivity index (χ1) is 16.7. The first-order valence-corrected chi connectivity index (χ1v) is 11.6. The summed E-state index contributed by atoms with van der Waals surface area (Å²) in [6.07, 6.45) is 1.93. The van der Waals surface area contributed by atoms with Crippen LogP contribution in [0.4, 0.5) is 0 Å². The van der Waals surface area contributed by atoms with Gasteiger partial charge in [-0.1, -0.05) is 57.5 Å². The summed E-state index contributed by atoms with van der Waals surface area (Å²) in [7, 11) is 2.76. The molecule has 0 aliphatic rings. The zero-order valence-electron chi connectivity index (χ0n) is 21.8. The van der Waals surface area contributed by atoms with E-state index in [1.165, 1.54) is 18.7 Å². The van der Waals surface area contributed by atoms with Crippen molar-refractivity contribution < 1.29 is 38.7 Å². The highest BCUT2D eigenvalue weighted by atomic mass is 16.5. The third-order valence-electron chi connectivity index (χ3n) is 5.16. The maximum absolute atomic E-state index is 12.6. The van der Waals surface area contributed by atoms with Crippen LogP contribution >= 0.6 is 0 Å². The lowest BCUT2D eigenvalue weighted by Gasteiger charge is -2.23. The van der Waals surface area contributed by atoms with Crippen LogP contribution in [0.3, 0.4) is 0 Å². The third kappa shape index (κ3) is 15.3. The summed E-state index contributed by atoms with van der Waals surface area (Å²) in [6, 6.07) is 8.39. The van der Waals surface area contributed by atoms with Crippen LogP contribution in [0.2, 0.25) is 0 Å². The molecule has 11 heteroatoms. The van der Waals surface area contributed by atoms with Gasteiger partial charge in [0.25, 0.3) is 0 Å². The quantitative estimate of drug-likeness (QED) is 0.129. The van der Waals surface area contributed by atoms with Crippen molar-refractivity contribution in [1.29, 1.82) is 0 Å². The summed E-state index contributed by atoms with van der Waals surface area (Å²) >= 11 is 0. The van der Waals surface area contributed by atoms with Gasteiger partial charge in [0, 0.05) is 18.3 Å². The number of carboxylic acids is 2. The molecule has 0 bridgehead atoms. The van der Waals surface area contributed by atoms with Crippen molar-refractivity contribution in [2.45, 2.75) is 58.9 Å². The Kier molecular flexibility index (Phi) is 14.5. The molecule has 11 nitrogen and oxygen atoms in total. The van der Waals surface area contributed by atoms with E-state index in [1.54, 1.807) is 0 Å². The number of nitrogens with one attached hydrogen (secondary N) is 1. The lowest BCUT2D eigenvalue weighted by Crippen LogP contribution is -2.46. The second-order valence-corrected chi connectivity index (χ2v) is 9.67. The molecule has 1 rings (SSSR count). The number of aliphatic carboxylic acids is 2. The van der Waals surface area contributed by atoms with Gasteiger partial charge >= 0.3 is 17.9 Å². The van der Waals surface area contributed by atoms with Crippen molar-refractivity contribution in [3.8, 4) is 0 Å². The summed E-state index contributed by atoms with van der Waals surface area (Å²) in [5, 5.41) is 21.9. The first kappa shape index (κ1) is 32.4. The van der Waals surface area contributed by atoms with Crippen LogP contribution in [0.25, 0.3) is 0 Å². The van der Waals surface area contributed by atoms with Crippen molar-refractivity contribution in [3.63, 3.8) is 0 Å². The summed E-state index contributed by atoms with van der Waals surface area (Å²) in [5.41, 5.74) is 11.1. The van der Waals surface area contributed by atoms with Gasteiger partial charge < -0.3 is 25.1 Å². The average Bonchev–Trinajstić information content (AvgIpc) is 2.77. The molecule has 0 saturated heterocycles. The van der Waals surface area contributed by atoms with Crippen molar-refractivity contribution in [3.05, 3.63) is 35.9 Å². The number of guanidine groups is 1. The number of carbonyl (C=O) groups is 4. The van der Waals surface area contributed by atoms with Gasteiger partial charge in [-0.3, -0.25) is 20.8 Å². The predicted octanol–water partition coefficient (Wildman–Crippen LogP) is -0.154. The highest BCUT2D eigenvalue weighted by Gasteiger charge is 2.27. The molecule has 0 aliphatic carbocycles. The number of amides is 1. The van der Waals surface area contributed by atoms with E-state index in [9.17, 15) is 24.3 Å². The number of carboxylic acid groups (broad SMARTS) is 2. The minimum absolute atomic E-state index is 0.0115. The molecule has 0 radical (unpaired) electrons. The van der Waals surface area contributed by atoms with Crippen molar-refractivity contribution >= 4 is 29.8 Å². The Morgan fingerprint density at radius 1 is 1.14 bits per heavy atom. The molecular formula is C25H40N4O7. The van der Waals surface area contributed by atoms with Crippen LogP contribution in [0, 0.1) is 11.3 Å². The maximum Gasteiger partial charge on any atom is 0.341 e. The van der Waals surface area contributed by atoms with Gasteiger partial charge in [0.15, 0.2) is 6.54 Å². The largest absolute Gasteiger partial charge is 0.550 e. The predicted molar refractivity (Wildman–Crippen MR) is 133 cm³/mol. The van der Waals surface area contributed by atoms with E-state index in [0.29, 0.717) is 6.42 Å². The van der Waals surface area contributed by atoms with Crippen LogP contribution < -0.4 is 21.9 Å². The molecular weight excluding hydrogens is 468 g/mol. The van der Waals surface area contributed by atoms with Gasteiger partial charge in [-0.2, -0.15) is 0 Å². The molecule has 0 fully saturated rings. The Balaban J connectivity index is 0.00000115. The fourth-order valence-electron chi connectivity index (χ4n) is 3.17. The third-order valence-corrected chi connectivity index (χ3v) is 5.16. The van der Waals surface area contributed by atoms with Gasteiger partial charge in [-0.15, -0.1) is 0 Å². The van der Waals surface area contributed by atoms with E-state index in [0.717, 1.165) is 18.4 Å². The maximum atomic E-state index is 12.6. The highest BCUT2D eigenvalue weighted by Crippen LogP contribution is 2.24. The van der Waals surface area contributed by atoms with Crippen molar-refractivity contribution in [1.82, 2.24) is 5.32 Å². The van der Waals surface area contributed by atoms with Gasteiger partial charge in [0.1, 0.15) is 6.04 Å². The fraction of sp³-hybridized carbons (Fsp3) is 0.560. The van der Waals surface area contributed by atoms with Gasteiger partial charge in [-0.05, 0) is 30.2 Å². The lowest BCUT2D eigenvalue weighted by atomic mass is 9.87. The molecule has 1 aromatic rings. The Bertz CT molecular complexity index is 891. The van der Waals surface area contributed by atoms with Crippen LogP contribution in [-0.4, -0.2) is 66.2 Å². The van der Waals surface area contributed by atoms with Crippen LogP contribution in [0.5, 0.6) is 0 Å². The Hall–Kier alpha value is -3.63. The van der Waals surface area contributed by atoms with Gasteiger partial charge in [0.2, 0.25) is 5.91 Å². The van der Waals surface area contributed by atoms with Crippen molar-refractivity contribution in [2.24, 2.45) is 22.8 Å². The molecule has 2 atom stereocenters. The number of ether oxygens (including phenoxy) is 1. The number of nitrogens with two attached hydrogens (primary N) is 2. The number of benzene rings is 1. The Morgan fingerprint density at radius 3 is 2.14 bits per heavy atom. The van der Waals surface area contributed by atoms with E-state index in [-0.39, 0.29) is 30.8 Å². The number of nitrogens with zero attached hydrogens (tertiary/aromatic N) is 1. The second kappa shape index (κ2) is 16.1. The lowest BCUT2D eigenvalue weighted by molar-refractivity contribution is -0.489. The molecule has 0 unspecified atom stereocenters. The summed E-state index contributed by atoms with van der Waals surface area (Å²) < 4.78 is 6.03. The monoisotopic (exact) mass is 508 g/mol. The van der Waals surface area contributed by atoms with Crippen LogP contribution in [0.1, 0.15) is 52.0 Å².